The first kappa shape index (κ1) is 26.4. The lowest BCUT2D eigenvalue weighted by Crippen LogP contribution is -3.00. The Kier molecular flexibility index (Phi) is 10.8. The predicted octanol–water partition coefficient (Wildman–Crippen LogP) is 0.416. The molecule has 0 radical (unpaired) electrons. The molecule has 2 heterocycles. The highest BCUT2D eigenvalue weighted by Crippen LogP contribution is 2.29. The number of halogens is 4. The molecule has 3 N–H and O–H groups in total. The zero-order valence-corrected chi connectivity index (χ0v) is 19.5. The third-order valence-electron chi connectivity index (χ3n) is 3.37. The van der Waals surface area contributed by atoms with Crippen molar-refractivity contribution in [3.05, 3.63) is 48.3 Å². The molecule has 2 aromatic rings. The molecule has 2 aliphatic carbocycles. The van der Waals surface area contributed by atoms with E-state index in [1.807, 2.05) is 0 Å². The minimum Gasteiger partial charge on any atom is -1.00 e. The van der Waals surface area contributed by atoms with E-state index in [0.717, 1.165) is 25.2 Å². The standard InChI is InChI=1S/C7H7ClN4O2.C4HCl2N3O2.C3H7N.HI/c8-7-9-3-5(12(13)14)6(11-7)10-4-1-2-4;5-3-2(9(10)11)1-7-4(6)8-3;4-3-1-2-3;/h3-4H,1-2H2,(H,9,10,11);1H;3H,1-2,4H2;1H/p-1. The van der Waals surface area contributed by atoms with Gasteiger partial charge in [0.25, 0.3) is 0 Å². The van der Waals surface area contributed by atoms with Crippen molar-refractivity contribution in [3.8, 4) is 0 Å². The molecule has 0 bridgehead atoms. The van der Waals surface area contributed by atoms with Crippen LogP contribution in [0.1, 0.15) is 25.7 Å². The van der Waals surface area contributed by atoms with Gasteiger partial charge in [-0.25, -0.2) is 9.97 Å². The molecule has 16 heteroatoms. The maximum Gasteiger partial charge on any atom is 0.329 e. The summed E-state index contributed by atoms with van der Waals surface area (Å²) in [6.45, 7) is 0. The topological polar surface area (TPSA) is 176 Å². The van der Waals surface area contributed by atoms with Crippen molar-refractivity contribution in [2.24, 2.45) is 5.73 Å². The maximum absolute atomic E-state index is 10.6. The molecule has 164 valence electrons. The molecule has 0 amide bonds. The van der Waals surface area contributed by atoms with Crippen LogP contribution in [0.15, 0.2) is 12.4 Å². The number of hydrogen-bond acceptors (Lipinski definition) is 10. The van der Waals surface area contributed by atoms with Crippen molar-refractivity contribution in [1.82, 2.24) is 19.9 Å². The Hall–Kier alpha value is -1.68. The zero-order valence-electron chi connectivity index (χ0n) is 15.0. The molecule has 2 aliphatic rings. The van der Waals surface area contributed by atoms with E-state index in [9.17, 15) is 20.2 Å². The number of nitrogens with two attached hydrogens (primary N) is 1. The van der Waals surface area contributed by atoms with E-state index in [-0.39, 0.29) is 56.9 Å². The Morgan fingerprint density at radius 2 is 1.40 bits per heavy atom. The number of nitrogens with one attached hydrogen (secondary N) is 1. The Balaban J connectivity index is 0.000000251. The summed E-state index contributed by atoms with van der Waals surface area (Å²) in [4.78, 5) is 33.6. The van der Waals surface area contributed by atoms with Crippen molar-refractivity contribution in [2.75, 3.05) is 5.32 Å². The van der Waals surface area contributed by atoms with Crippen molar-refractivity contribution < 1.29 is 33.8 Å². The summed E-state index contributed by atoms with van der Waals surface area (Å²) < 4.78 is 0. The van der Waals surface area contributed by atoms with Gasteiger partial charge >= 0.3 is 11.4 Å². The first-order valence-electron chi connectivity index (χ1n) is 8.18. The van der Waals surface area contributed by atoms with Crippen molar-refractivity contribution in [2.45, 2.75) is 37.8 Å². The SMILES string of the molecule is NC1CC1.O=[N+]([O-])c1cnc(Cl)nc1Cl.O=[N+]([O-])c1cnc(Cl)nc1NC1CC1.[I-]. The number of nitro groups is 2. The highest BCUT2D eigenvalue weighted by molar-refractivity contribution is 6.33. The number of aromatic nitrogens is 4. The summed E-state index contributed by atoms with van der Waals surface area (Å²) in [5.41, 5.74) is 4.73. The Bertz CT molecular complexity index is 901. The Morgan fingerprint density at radius 1 is 0.933 bits per heavy atom. The molecular formula is C14H15Cl3IN8O4-. The van der Waals surface area contributed by atoms with E-state index in [1.54, 1.807) is 0 Å². The van der Waals surface area contributed by atoms with E-state index in [4.69, 9.17) is 40.5 Å². The van der Waals surface area contributed by atoms with Crippen LogP contribution in [0.25, 0.3) is 0 Å². The lowest BCUT2D eigenvalue weighted by atomic mass is 10.4. The van der Waals surface area contributed by atoms with Crippen molar-refractivity contribution in [3.63, 3.8) is 0 Å². The van der Waals surface area contributed by atoms with Gasteiger partial charge in [-0.3, -0.25) is 20.2 Å². The minimum absolute atomic E-state index is 0. The van der Waals surface area contributed by atoms with E-state index >= 15 is 0 Å². The van der Waals surface area contributed by atoms with Crippen LogP contribution in [0.2, 0.25) is 15.7 Å². The van der Waals surface area contributed by atoms with Gasteiger partial charge in [0.05, 0.1) is 9.85 Å². The molecular weight excluding hydrogens is 577 g/mol. The van der Waals surface area contributed by atoms with E-state index in [0.29, 0.717) is 12.1 Å². The average molecular weight is 593 g/mol. The molecule has 2 fully saturated rings. The molecule has 0 atom stereocenters. The smallest absolute Gasteiger partial charge is 0.329 e. The van der Waals surface area contributed by atoms with Gasteiger partial charge in [-0.05, 0) is 48.9 Å². The van der Waals surface area contributed by atoms with E-state index < -0.39 is 9.85 Å². The lowest BCUT2D eigenvalue weighted by Gasteiger charge is -2.03. The van der Waals surface area contributed by atoms with Gasteiger partial charge in [0.2, 0.25) is 21.5 Å². The minimum atomic E-state index is -0.682. The van der Waals surface area contributed by atoms with Crippen LogP contribution in [0, 0.1) is 20.2 Å². The summed E-state index contributed by atoms with van der Waals surface area (Å²) in [6.07, 6.45) is 6.62. The number of hydrogen-bond donors (Lipinski definition) is 2. The molecule has 30 heavy (non-hydrogen) atoms. The highest BCUT2D eigenvalue weighted by atomic mass is 127. The predicted molar refractivity (Wildman–Crippen MR) is 106 cm³/mol. The lowest BCUT2D eigenvalue weighted by molar-refractivity contribution is -0.385. The second kappa shape index (κ2) is 12.2. The summed E-state index contributed by atoms with van der Waals surface area (Å²) in [7, 11) is 0. The highest BCUT2D eigenvalue weighted by Gasteiger charge is 2.26. The molecule has 0 aromatic carbocycles. The molecule has 4 rings (SSSR count). The number of nitrogens with zero attached hydrogens (tertiary/aromatic N) is 6. The zero-order chi connectivity index (χ0) is 21.6. The van der Waals surface area contributed by atoms with Gasteiger partial charge in [-0.2, -0.15) is 9.97 Å². The number of rotatable bonds is 4. The molecule has 0 aliphatic heterocycles. The van der Waals surface area contributed by atoms with Crippen molar-refractivity contribution in [1.29, 1.82) is 0 Å². The molecule has 12 nitrogen and oxygen atoms in total. The van der Waals surface area contributed by atoms with Gasteiger partial charge in [0, 0.05) is 12.1 Å². The van der Waals surface area contributed by atoms with Crippen LogP contribution < -0.4 is 35.0 Å². The average Bonchev–Trinajstić information content (AvgIpc) is 3.54. The third-order valence-corrected chi connectivity index (χ3v) is 4.01. The normalized spacial score (nSPS) is 14.1. The number of anilines is 1. The summed E-state index contributed by atoms with van der Waals surface area (Å²) >= 11 is 16.2. The molecule has 0 unspecified atom stereocenters. The van der Waals surface area contributed by atoms with Crippen LogP contribution in [-0.4, -0.2) is 41.9 Å². The maximum atomic E-state index is 10.6. The molecule has 2 saturated carbocycles. The fourth-order valence-corrected chi connectivity index (χ4v) is 2.08. The summed E-state index contributed by atoms with van der Waals surface area (Å²) in [6, 6.07) is 0.875. The molecule has 0 spiro atoms. The van der Waals surface area contributed by atoms with E-state index in [2.05, 4.69) is 25.3 Å². The Morgan fingerprint density at radius 3 is 1.80 bits per heavy atom. The van der Waals surface area contributed by atoms with Gasteiger partial charge < -0.3 is 35.0 Å². The van der Waals surface area contributed by atoms with Crippen LogP contribution in [-0.2, 0) is 0 Å². The second-order valence-electron chi connectivity index (χ2n) is 5.96. The van der Waals surface area contributed by atoms with Crippen LogP contribution in [0.5, 0.6) is 0 Å². The first-order chi connectivity index (χ1) is 13.7. The van der Waals surface area contributed by atoms with Crippen LogP contribution in [0.4, 0.5) is 17.2 Å². The molecule has 2 aromatic heterocycles. The second-order valence-corrected chi connectivity index (χ2v) is 6.99. The van der Waals surface area contributed by atoms with Crippen LogP contribution >= 0.6 is 34.8 Å². The van der Waals surface area contributed by atoms with Gasteiger partial charge in [0.1, 0.15) is 12.4 Å². The van der Waals surface area contributed by atoms with Crippen molar-refractivity contribution >= 4 is 52.0 Å². The summed E-state index contributed by atoms with van der Waals surface area (Å²) in [5.74, 6) is 0.206. The molecule has 0 saturated heterocycles. The largest absolute Gasteiger partial charge is 1.00 e. The van der Waals surface area contributed by atoms with E-state index in [1.165, 1.54) is 12.8 Å². The monoisotopic (exact) mass is 591 g/mol. The first-order valence-corrected chi connectivity index (χ1v) is 9.32. The van der Waals surface area contributed by atoms with Gasteiger partial charge in [-0.15, -0.1) is 0 Å². The quantitative estimate of drug-likeness (QED) is 0.166. The van der Waals surface area contributed by atoms with Gasteiger partial charge in [-0.1, -0.05) is 11.6 Å². The van der Waals surface area contributed by atoms with Crippen LogP contribution in [0.3, 0.4) is 0 Å². The third kappa shape index (κ3) is 9.42. The Labute approximate surface area is 202 Å². The fourth-order valence-electron chi connectivity index (χ4n) is 1.57. The van der Waals surface area contributed by atoms with Gasteiger partial charge in [0.15, 0.2) is 0 Å². The summed E-state index contributed by atoms with van der Waals surface area (Å²) in [5, 5.41) is 23.3. The fraction of sp³-hybridized carbons (Fsp3) is 0.429.